The summed E-state index contributed by atoms with van der Waals surface area (Å²) in [5.74, 6) is -1.17. The molecule has 0 radical (unpaired) electrons. The van der Waals surface area contributed by atoms with Crippen molar-refractivity contribution in [1.82, 2.24) is 5.32 Å². The highest BCUT2D eigenvalue weighted by Gasteiger charge is 2.47. The van der Waals surface area contributed by atoms with E-state index < -0.39 is 67.4 Å². The average molecular weight is 1260 g/mol. The molecule has 11 nitrogen and oxygen atoms in total. The lowest BCUT2D eigenvalue weighted by molar-refractivity contribution is -0.305. The molecule has 1 aliphatic heterocycles. The van der Waals surface area contributed by atoms with E-state index in [1.54, 1.807) is 6.08 Å². The third kappa shape index (κ3) is 53.1. The molecular weight excluding hydrogens is 1110 g/mol. The van der Waals surface area contributed by atoms with E-state index in [0.717, 1.165) is 57.8 Å². The van der Waals surface area contributed by atoms with Gasteiger partial charge >= 0.3 is 5.97 Å². The number of amides is 1. The Morgan fingerprint density at radius 2 is 0.742 bits per heavy atom. The molecule has 89 heavy (non-hydrogen) atoms. The summed E-state index contributed by atoms with van der Waals surface area (Å²) in [6.07, 6.45) is 71.0. The first-order chi connectivity index (χ1) is 43.7. The zero-order valence-electron chi connectivity index (χ0n) is 58.8. The van der Waals surface area contributed by atoms with E-state index in [1.165, 1.54) is 295 Å². The molecule has 0 aromatic heterocycles. The number of aliphatic hydroxyl groups is 5. The maximum Gasteiger partial charge on any atom is 0.306 e. The number of carbonyl (C=O) groups excluding carboxylic acids is 2. The van der Waals surface area contributed by atoms with Crippen LogP contribution < -0.4 is 5.32 Å². The Bertz CT molecular complexity index is 1550. The van der Waals surface area contributed by atoms with E-state index in [9.17, 15) is 35.1 Å². The molecule has 0 saturated carbocycles. The minimum Gasteiger partial charge on any atom is -0.454 e. The molecule has 1 saturated heterocycles. The maximum absolute atomic E-state index is 13.5. The topological polar surface area (TPSA) is 175 Å². The number of nitrogens with one attached hydrogen (secondary N) is 1. The van der Waals surface area contributed by atoms with Gasteiger partial charge in [0.1, 0.15) is 24.4 Å². The van der Waals surface area contributed by atoms with Crippen LogP contribution >= 0.6 is 0 Å². The predicted molar refractivity (Wildman–Crippen MR) is 375 cm³/mol. The number of rotatable bonds is 69. The standard InChI is InChI=1S/C78H149NO10/c1-4-7-10-13-16-19-22-24-26-28-30-32-34-35-36-38-39-41-43-45-47-50-53-56-59-62-65-71(82)77(86)79-69(70(81)64-61-58-55-52-49-21-18-15-12-9-6-3)68-87-78-76(75(85)74(84)72(67-80)88-78)89-73(83)66-63-60-57-54-51-48-46-44-42-40-37-33-31-29-27-25-23-20-17-14-11-8-5-2/h25,27,61,64,69-72,74-76,78,80-82,84-85H,4-24,26,28-60,62-63,65-68H2,1-3H3,(H,79,86)/b27-25+,64-61+. The van der Waals surface area contributed by atoms with Crippen LogP contribution in [-0.2, 0) is 23.8 Å². The lowest BCUT2D eigenvalue weighted by atomic mass is 9.99. The summed E-state index contributed by atoms with van der Waals surface area (Å²) in [5, 5.41) is 57.3. The average Bonchev–Trinajstić information content (AvgIpc) is 1.97. The lowest BCUT2D eigenvalue weighted by Gasteiger charge is -2.41. The normalized spacial score (nSPS) is 18.1. The summed E-state index contributed by atoms with van der Waals surface area (Å²) in [4.78, 5) is 26.7. The Kier molecular flexibility index (Phi) is 63.3. The quantitative estimate of drug-likeness (QED) is 0.0195. The van der Waals surface area contributed by atoms with Gasteiger partial charge in [0, 0.05) is 6.42 Å². The van der Waals surface area contributed by atoms with Crippen molar-refractivity contribution in [3.05, 3.63) is 24.3 Å². The first kappa shape index (κ1) is 85.2. The second-order valence-corrected chi connectivity index (χ2v) is 27.5. The van der Waals surface area contributed by atoms with Gasteiger partial charge in [-0.2, -0.15) is 0 Å². The fourth-order valence-corrected chi connectivity index (χ4v) is 12.7. The second-order valence-electron chi connectivity index (χ2n) is 27.5. The van der Waals surface area contributed by atoms with Gasteiger partial charge in [-0.05, 0) is 51.4 Å². The van der Waals surface area contributed by atoms with Crippen molar-refractivity contribution in [2.75, 3.05) is 13.2 Å². The Hall–Kier alpha value is -1.86. The number of unbranched alkanes of at least 4 members (excludes halogenated alkanes) is 53. The van der Waals surface area contributed by atoms with Crippen molar-refractivity contribution >= 4 is 11.9 Å². The molecule has 526 valence electrons. The van der Waals surface area contributed by atoms with Crippen molar-refractivity contribution in [3.63, 3.8) is 0 Å². The van der Waals surface area contributed by atoms with Gasteiger partial charge in [0.25, 0.3) is 0 Å². The van der Waals surface area contributed by atoms with Crippen LogP contribution in [0.2, 0.25) is 0 Å². The minimum absolute atomic E-state index is 0.129. The Labute approximate surface area is 550 Å². The summed E-state index contributed by atoms with van der Waals surface area (Å²) in [7, 11) is 0. The molecule has 0 aromatic rings. The van der Waals surface area contributed by atoms with Crippen molar-refractivity contribution in [3.8, 4) is 0 Å². The molecule has 6 N–H and O–H groups in total. The zero-order valence-corrected chi connectivity index (χ0v) is 58.8. The van der Waals surface area contributed by atoms with E-state index in [2.05, 4.69) is 38.2 Å². The molecule has 8 atom stereocenters. The Morgan fingerprint density at radius 3 is 1.09 bits per heavy atom. The van der Waals surface area contributed by atoms with E-state index in [-0.39, 0.29) is 13.0 Å². The summed E-state index contributed by atoms with van der Waals surface area (Å²) >= 11 is 0. The molecule has 1 amide bonds. The first-order valence-electron chi connectivity index (χ1n) is 39.1. The summed E-state index contributed by atoms with van der Waals surface area (Å²) in [5.41, 5.74) is 0. The molecule has 1 heterocycles. The maximum atomic E-state index is 13.5. The number of allylic oxidation sites excluding steroid dienone is 3. The predicted octanol–water partition coefficient (Wildman–Crippen LogP) is 20.7. The molecule has 0 aromatic carbocycles. The number of aliphatic hydroxyl groups excluding tert-OH is 5. The fourth-order valence-electron chi connectivity index (χ4n) is 12.7. The summed E-state index contributed by atoms with van der Waals surface area (Å²) in [6.45, 7) is 5.86. The van der Waals surface area contributed by atoms with Gasteiger partial charge in [-0.15, -0.1) is 0 Å². The molecule has 11 heteroatoms. The third-order valence-electron chi connectivity index (χ3n) is 18.9. The van der Waals surface area contributed by atoms with E-state index in [4.69, 9.17) is 14.2 Å². The lowest BCUT2D eigenvalue weighted by Crippen LogP contribution is -2.61. The van der Waals surface area contributed by atoms with Crippen molar-refractivity contribution in [2.24, 2.45) is 0 Å². The molecule has 0 aliphatic carbocycles. The molecule has 1 aliphatic rings. The van der Waals surface area contributed by atoms with E-state index in [1.807, 2.05) is 6.08 Å². The van der Waals surface area contributed by atoms with Crippen LogP contribution in [0.4, 0.5) is 0 Å². The fraction of sp³-hybridized carbons (Fsp3) is 0.923. The van der Waals surface area contributed by atoms with Crippen molar-refractivity contribution < 1.29 is 49.3 Å². The molecule has 1 fully saturated rings. The van der Waals surface area contributed by atoms with Gasteiger partial charge < -0.3 is 45.1 Å². The SMILES string of the molecule is CCCCCCCC/C=C/CCCCCCCCCCCCCCCC(=O)OC1C(OCC(NC(=O)C(O)CCCCCCCCCCCCCCCCCCCCCCCCCCCC)C(O)/C=C/CCCCCCCCCCC)OC(CO)C(O)C1O. The molecule has 1 rings (SSSR count). The largest absolute Gasteiger partial charge is 0.454 e. The molecular formula is C78H149NO10. The number of ether oxygens (including phenoxy) is 3. The highest BCUT2D eigenvalue weighted by Crippen LogP contribution is 2.27. The van der Waals surface area contributed by atoms with Crippen molar-refractivity contribution in [1.29, 1.82) is 0 Å². The highest BCUT2D eigenvalue weighted by atomic mass is 16.7. The van der Waals surface area contributed by atoms with Gasteiger partial charge in [0.2, 0.25) is 5.91 Å². The Balaban J connectivity index is 2.47. The molecule has 0 bridgehead atoms. The summed E-state index contributed by atoms with van der Waals surface area (Å²) < 4.78 is 17.7. The van der Waals surface area contributed by atoms with Crippen LogP contribution in [-0.4, -0.2) is 99.6 Å². The molecule has 8 unspecified atom stereocenters. The van der Waals surface area contributed by atoms with Gasteiger partial charge in [-0.1, -0.05) is 366 Å². The number of hydrogen-bond acceptors (Lipinski definition) is 10. The smallest absolute Gasteiger partial charge is 0.306 e. The highest BCUT2D eigenvalue weighted by molar-refractivity contribution is 5.80. The zero-order chi connectivity index (χ0) is 64.6. The van der Waals surface area contributed by atoms with Crippen LogP contribution in [0.1, 0.15) is 400 Å². The van der Waals surface area contributed by atoms with Crippen LogP contribution in [0.3, 0.4) is 0 Å². The van der Waals surface area contributed by atoms with Gasteiger partial charge in [0.05, 0.1) is 25.4 Å². The Morgan fingerprint density at radius 1 is 0.427 bits per heavy atom. The molecule has 0 spiro atoms. The number of esters is 1. The number of hydrogen-bond donors (Lipinski definition) is 6. The van der Waals surface area contributed by atoms with Crippen LogP contribution in [0.15, 0.2) is 24.3 Å². The monoisotopic (exact) mass is 1260 g/mol. The van der Waals surface area contributed by atoms with Crippen molar-refractivity contribution in [2.45, 2.75) is 449 Å². The van der Waals surface area contributed by atoms with Crippen LogP contribution in [0, 0.1) is 0 Å². The second kappa shape index (κ2) is 66.2. The van der Waals surface area contributed by atoms with E-state index >= 15 is 0 Å². The van der Waals surface area contributed by atoms with Gasteiger partial charge in [-0.25, -0.2) is 0 Å². The van der Waals surface area contributed by atoms with Crippen LogP contribution in [0.5, 0.6) is 0 Å². The van der Waals surface area contributed by atoms with Crippen LogP contribution in [0.25, 0.3) is 0 Å². The summed E-state index contributed by atoms with van der Waals surface area (Å²) in [6, 6.07) is -1.02. The van der Waals surface area contributed by atoms with Gasteiger partial charge in [0.15, 0.2) is 12.4 Å². The van der Waals surface area contributed by atoms with E-state index in [0.29, 0.717) is 19.3 Å². The number of carbonyl (C=O) groups is 2. The first-order valence-corrected chi connectivity index (χ1v) is 39.1. The third-order valence-corrected chi connectivity index (χ3v) is 18.9. The van der Waals surface area contributed by atoms with Gasteiger partial charge in [-0.3, -0.25) is 9.59 Å². The minimum atomic E-state index is -1.61.